The molecule has 0 bridgehead atoms. The second-order valence-corrected chi connectivity index (χ2v) is 6.48. The van der Waals surface area contributed by atoms with Crippen molar-refractivity contribution >= 4 is 23.5 Å². The molecule has 0 fully saturated rings. The van der Waals surface area contributed by atoms with E-state index in [-0.39, 0.29) is 24.2 Å². The average Bonchev–Trinajstić information content (AvgIpc) is 2.56. The topological polar surface area (TPSA) is 75.7 Å². The van der Waals surface area contributed by atoms with E-state index >= 15 is 0 Å². The highest BCUT2D eigenvalue weighted by Crippen LogP contribution is 2.35. The minimum atomic E-state index is -0.704. The molecular formula is C18H24N2O4. The van der Waals surface area contributed by atoms with Crippen LogP contribution in [0.4, 0.5) is 5.69 Å². The molecule has 1 heterocycles. The van der Waals surface area contributed by atoms with Gasteiger partial charge in [-0.25, -0.2) is 4.79 Å². The predicted molar refractivity (Wildman–Crippen MR) is 90.6 cm³/mol. The Morgan fingerprint density at radius 1 is 1.33 bits per heavy atom. The van der Waals surface area contributed by atoms with Crippen LogP contribution in [0.5, 0.6) is 0 Å². The highest BCUT2D eigenvalue weighted by Gasteiger charge is 2.35. The molecule has 24 heavy (non-hydrogen) atoms. The van der Waals surface area contributed by atoms with Gasteiger partial charge in [-0.1, -0.05) is 32.0 Å². The van der Waals surface area contributed by atoms with Gasteiger partial charge < -0.3 is 15.0 Å². The molecule has 0 aromatic heterocycles. The molecule has 0 unspecified atom stereocenters. The number of nitrogens with zero attached hydrogens (tertiary/aromatic N) is 1. The Kier molecular flexibility index (Phi) is 5.59. The zero-order chi connectivity index (χ0) is 17.9. The number of para-hydroxylation sites is 1. The zero-order valence-corrected chi connectivity index (χ0v) is 14.5. The highest BCUT2D eigenvalue weighted by atomic mass is 16.5. The van der Waals surface area contributed by atoms with E-state index in [1.807, 2.05) is 38.1 Å². The molecule has 0 aliphatic carbocycles. The van der Waals surface area contributed by atoms with Crippen molar-refractivity contribution in [3.8, 4) is 0 Å². The highest BCUT2D eigenvalue weighted by molar-refractivity contribution is 6.03. The van der Waals surface area contributed by atoms with Gasteiger partial charge in [0.1, 0.15) is 6.04 Å². The van der Waals surface area contributed by atoms with Crippen LogP contribution in [-0.4, -0.2) is 38.0 Å². The number of fused-ring (bicyclic) bond motifs is 1. The fourth-order valence-electron chi connectivity index (χ4n) is 2.98. The summed E-state index contributed by atoms with van der Waals surface area (Å²) in [4.78, 5) is 38.4. The maximum absolute atomic E-state index is 12.7. The van der Waals surface area contributed by atoms with Crippen LogP contribution in [-0.2, 0) is 19.1 Å². The Balaban J connectivity index is 2.24. The molecule has 0 radical (unpaired) electrons. The first-order chi connectivity index (χ1) is 11.3. The van der Waals surface area contributed by atoms with E-state index in [1.165, 1.54) is 7.11 Å². The number of hydrogen-bond donors (Lipinski definition) is 1. The molecule has 2 rings (SSSR count). The minimum Gasteiger partial charge on any atom is -0.467 e. The molecule has 0 spiro atoms. The van der Waals surface area contributed by atoms with Gasteiger partial charge in [-0.3, -0.25) is 9.59 Å². The molecule has 1 aliphatic heterocycles. The van der Waals surface area contributed by atoms with E-state index in [0.29, 0.717) is 6.42 Å². The molecule has 1 N–H and O–H groups in total. The van der Waals surface area contributed by atoms with Crippen molar-refractivity contribution in [2.45, 2.75) is 38.6 Å². The van der Waals surface area contributed by atoms with E-state index in [1.54, 1.807) is 11.9 Å². The average molecular weight is 332 g/mol. The summed E-state index contributed by atoms with van der Waals surface area (Å²) in [7, 11) is 3.00. The first-order valence-electron chi connectivity index (χ1n) is 8.08. The summed E-state index contributed by atoms with van der Waals surface area (Å²) in [5, 5.41) is 2.76. The molecule has 0 saturated heterocycles. The van der Waals surface area contributed by atoms with E-state index in [2.05, 4.69) is 5.32 Å². The van der Waals surface area contributed by atoms with Crippen molar-refractivity contribution in [1.82, 2.24) is 5.32 Å². The van der Waals surface area contributed by atoms with Crippen LogP contribution >= 0.6 is 0 Å². The molecule has 1 aliphatic rings. The third-order valence-corrected chi connectivity index (χ3v) is 4.25. The quantitative estimate of drug-likeness (QED) is 0.835. The number of rotatable bonds is 5. The molecule has 1 aromatic rings. The summed E-state index contributed by atoms with van der Waals surface area (Å²) >= 11 is 0. The van der Waals surface area contributed by atoms with Gasteiger partial charge in [0.25, 0.3) is 0 Å². The summed E-state index contributed by atoms with van der Waals surface area (Å²) < 4.78 is 4.78. The van der Waals surface area contributed by atoms with Gasteiger partial charge in [0.2, 0.25) is 11.8 Å². The minimum absolute atomic E-state index is 0.0922. The Morgan fingerprint density at radius 3 is 2.62 bits per heavy atom. The summed E-state index contributed by atoms with van der Waals surface area (Å²) in [5.41, 5.74) is 1.53. The Labute approximate surface area is 142 Å². The third-order valence-electron chi connectivity index (χ3n) is 4.25. The summed E-state index contributed by atoms with van der Waals surface area (Å²) in [5.74, 6) is -1.28. The lowest BCUT2D eigenvalue weighted by atomic mass is 9.88. The summed E-state index contributed by atoms with van der Waals surface area (Å²) in [6.45, 7) is 3.94. The van der Waals surface area contributed by atoms with Gasteiger partial charge in [-0.05, 0) is 24.0 Å². The number of carbonyl (C=O) groups excluding carboxylic acids is 3. The molecule has 2 amide bonds. The number of ether oxygens (including phenoxy) is 1. The maximum Gasteiger partial charge on any atom is 0.328 e. The Morgan fingerprint density at radius 2 is 2.00 bits per heavy atom. The largest absolute Gasteiger partial charge is 0.467 e. The van der Waals surface area contributed by atoms with Crippen LogP contribution in [0.2, 0.25) is 0 Å². The molecule has 2 atom stereocenters. The molecule has 130 valence electrons. The SMILES string of the molecule is COC(=O)[C@H](CC(C)C)NC(=O)[C@@H]1CC(=O)N(C)c2ccccc21. The Bertz CT molecular complexity index is 642. The normalized spacial score (nSPS) is 18.1. The lowest BCUT2D eigenvalue weighted by Gasteiger charge is -2.31. The van der Waals surface area contributed by atoms with Crippen molar-refractivity contribution in [2.24, 2.45) is 5.92 Å². The fourth-order valence-corrected chi connectivity index (χ4v) is 2.98. The molecule has 6 heteroatoms. The lowest BCUT2D eigenvalue weighted by Crippen LogP contribution is -2.46. The van der Waals surface area contributed by atoms with E-state index in [4.69, 9.17) is 4.74 Å². The van der Waals surface area contributed by atoms with Crippen LogP contribution in [0, 0.1) is 5.92 Å². The first kappa shape index (κ1) is 18.0. The smallest absolute Gasteiger partial charge is 0.328 e. The number of nitrogens with one attached hydrogen (secondary N) is 1. The van der Waals surface area contributed by atoms with Crippen molar-refractivity contribution in [3.05, 3.63) is 29.8 Å². The zero-order valence-electron chi connectivity index (χ0n) is 14.5. The predicted octanol–water partition coefficient (Wildman–Crippen LogP) is 1.84. The molecule has 0 saturated carbocycles. The second-order valence-electron chi connectivity index (χ2n) is 6.48. The monoisotopic (exact) mass is 332 g/mol. The van der Waals surface area contributed by atoms with E-state index in [9.17, 15) is 14.4 Å². The number of esters is 1. The van der Waals surface area contributed by atoms with Gasteiger partial charge in [-0.15, -0.1) is 0 Å². The number of carbonyl (C=O) groups is 3. The van der Waals surface area contributed by atoms with Gasteiger partial charge in [0, 0.05) is 19.2 Å². The van der Waals surface area contributed by atoms with Gasteiger partial charge in [0.05, 0.1) is 13.0 Å². The van der Waals surface area contributed by atoms with Gasteiger partial charge >= 0.3 is 5.97 Å². The maximum atomic E-state index is 12.7. The van der Waals surface area contributed by atoms with Crippen molar-refractivity contribution in [1.29, 1.82) is 0 Å². The number of benzene rings is 1. The van der Waals surface area contributed by atoms with Crippen molar-refractivity contribution < 1.29 is 19.1 Å². The van der Waals surface area contributed by atoms with Crippen LogP contribution in [0.25, 0.3) is 0 Å². The van der Waals surface area contributed by atoms with Crippen LogP contribution < -0.4 is 10.2 Å². The Hall–Kier alpha value is -2.37. The van der Waals surface area contributed by atoms with Crippen molar-refractivity contribution in [3.63, 3.8) is 0 Å². The standard InChI is InChI=1S/C18H24N2O4/c1-11(2)9-14(18(23)24-4)19-17(22)13-10-16(21)20(3)15-8-6-5-7-12(13)15/h5-8,11,13-14H,9-10H2,1-4H3,(H,19,22)/t13-,14+/m1/s1. The first-order valence-corrected chi connectivity index (χ1v) is 8.08. The van der Waals surface area contributed by atoms with Crippen LogP contribution in [0.1, 0.15) is 38.2 Å². The third kappa shape index (κ3) is 3.75. The fraction of sp³-hybridized carbons (Fsp3) is 0.500. The molecular weight excluding hydrogens is 308 g/mol. The molecule has 1 aromatic carbocycles. The number of anilines is 1. The second kappa shape index (κ2) is 7.47. The van der Waals surface area contributed by atoms with Crippen molar-refractivity contribution in [2.75, 3.05) is 19.1 Å². The number of amides is 2. The summed E-state index contributed by atoms with van der Waals surface area (Å²) in [6.07, 6.45) is 0.579. The summed E-state index contributed by atoms with van der Waals surface area (Å²) in [6, 6.07) is 6.63. The van der Waals surface area contributed by atoms with Crippen LogP contribution in [0.15, 0.2) is 24.3 Å². The van der Waals surface area contributed by atoms with Gasteiger partial charge in [0.15, 0.2) is 0 Å². The number of methoxy groups -OCH3 is 1. The molecule has 6 nitrogen and oxygen atoms in total. The lowest BCUT2D eigenvalue weighted by molar-refractivity contribution is -0.145. The number of hydrogen-bond acceptors (Lipinski definition) is 4. The van der Waals surface area contributed by atoms with E-state index < -0.39 is 17.9 Å². The van der Waals surface area contributed by atoms with Gasteiger partial charge in [-0.2, -0.15) is 0 Å². The van der Waals surface area contributed by atoms with Crippen LogP contribution in [0.3, 0.4) is 0 Å². The van der Waals surface area contributed by atoms with E-state index in [0.717, 1.165) is 11.3 Å².